The zero-order valence-electron chi connectivity index (χ0n) is 18.6. The predicted molar refractivity (Wildman–Crippen MR) is 121 cm³/mol. The molecule has 0 unspecified atom stereocenters. The first-order valence-electron chi connectivity index (χ1n) is 11.2. The van der Waals surface area contributed by atoms with Gasteiger partial charge in [-0.25, -0.2) is 14.4 Å². The maximum atomic E-state index is 13.1. The summed E-state index contributed by atoms with van der Waals surface area (Å²) in [4.78, 5) is 24.5. The summed E-state index contributed by atoms with van der Waals surface area (Å²) in [6.45, 7) is 3.06. The summed E-state index contributed by atoms with van der Waals surface area (Å²) in [5, 5.41) is 10.8. The highest BCUT2D eigenvalue weighted by Gasteiger charge is 2.27. The van der Waals surface area contributed by atoms with Gasteiger partial charge in [-0.1, -0.05) is 24.3 Å². The van der Waals surface area contributed by atoms with Gasteiger partial charge in [-0.3, -0.25) is 9.69 Å². The first-order chi connectivity index (χ1) is 16.5. The number of β-amino-alcohol motifs (C(OH)–C–C–N with tert-alkyl or cyclic N) is 1. The third-order valence-electron chi connectivity index (χ3n) is 6.01. The Kier molecular flexibility index (Phi) is 6.37. The van der Waals surface area contributed by atoms with E-state index in [1.807, 2.05) is 6.07 Å². The second kappa shape index (κ2) is 9.74. The van der Waals surface area contributed by atoms with Crippen molar-refractivity contribution in [3.63, 3.8) is 0 Å². The molecule has 2 aliphatic heterocycles. The van der Waals surface area contributed by atoms with E-state index in [1.54, 1.807) is 23.1 Å². The van der Waals surface area contributed by atoms with E-state index < -0.39 is 11.9 Å². The maximum absolute atomic E-state index is 13.1. The number of benzene rings is 2. The summed E-state index contributed by atoms with van der Waals surface area (Å²) in [7, 11) is 0. The molecule has 1 aromatic heterocycles. The van der Waals surface area contributed by atoms with Gasteiger partial charge in [0.25, 0.3) is 5.91 Å². The van der Waals surface area contributed by atoms with Gasteiger partial charge in [-0.05, 0) is 29.7 Å². The van der Waals surface area contributed by atoms with Gasteiger partial charge in [-0.15, -0.1) is 0 Å². The van der Waals surface area contributed by atoms with Crippen molar-refractivity contribution in [3.8, 4) is 17.5 Å². The third kappa shape index (κ3) is 5.00. The van der Waals surface area contributed by atoms with Crippen molar-refractivity contribution in [1.29, 1.82) is 0 Å². The molecule has 0 saturated heterocycles. The second-order valence-electron chi connectivity index (χ2n) is 8.45. The van der Waals surface area contributed by atoms with E-state index in [0.717, 1.165) is 31.9 Å². The molecular formula is C25H25FN4O4. The number of fused-ring (bicyclic) bond motifs is 2. The molecule has 1 atom stereocenters. The van der Waals surface area contributed by atoms with Gasteiger partial charge in [0.1, 0.15) is 18.1 Å². The Morgan fingerprint density at radius 2 is 1.88 bits per heavy atom. The van der Waals surface area contributed by atoms with Crippen LogP contribution in [0.4, 0.5) is 4.39 Å². The van der Waals surface area contributed by atoms with Crippen molar-refractivity contribution in [1.82, 2.24) is 19.8 Å². The van der Waals surface area contributed by atoms with Crippen LogP contribution in [0.15, 0.2) is 54.9 Å². The van der Waals surface area contributed by atoms with E-state index in [4.69, 9.17) is 9.47 Å². The van der Waals surface area contributed by atoms with Gasteiger partial charge in [0, 0.05) is 32.2 Å². The molecule has 2 aliphatic rings. The minimum atomic E-state index is -0.672. The number of nitrogens with zero attached hydrogens (tertiary/aromatic N) is 4. The third-order valence-corrected chi connectivity index (χ3v) is 6.01. The number of halogens is 1. The Balaban J connectivity index is 1.22. The fraction of sp³-hybridized carbons (Fsp3) is 0.320. The molecule has 0 spiro atoms. The maximum Gasteiger partial charge on any atom is 0.322 e. The highest BCUT2D eigenvalue weighted by molar-refractivity contribution is 5.97. The number of aliphatic hydroxyl groups excluding tert-OH is 1. The SMILES string of the molecule is O=C1c2ccc(Oc3ncc(F)cn3)cc2OCCN1C[C@H](O)CN1CCc2ccccc2C1. The van der Waals surface area contributed by atoms with Gasteiger partial charge in [0.2, 0.25) is 0 Å². The van der Waals surface area contributed by atoms with Crippen LogP contribution in [0, 0.1) is 5.82 Å². The molecule has 0 bridgehead atoms. The number of aromatic nitrogens is 2. The highest BCUT2D eigenvalue weighted by Crippen LogP contribution is 2.30. The summed E-state index contributed by atoms with van der Waals surface area (Å²) < 4.78 is 24.3. The lowest BCUT2D eigenvalue weighted by molar-refractivity contribution is 0.0501. The number of hydrogen-bond donors (Lipinski definition) is 1. The molecule has 3 aromatic rings. The zero-order valence-corrected chi connectivity index (χ0v) is 18.6. The minimum absolute atomic E-state index is 0.00798. The topological polar surface area (TPSA) is 88.0 Å². The number of rotatable bonds is 6. The molecule has 0 radical (unpaired) electrons. The zero-order chi connectivity index (χ0) is 23.5. The highest BCUT2D eigenvalue weighted by atomic mass is 19.1. The van der Waals surface area contributed by atoms with Crippen LogP contribution < -0.4 is 9.47 Å². The fourth-order valence-electron chi connectivity index (χ4n) is 4.35. The molecule has 34 heavy (non-hydrogen) atoms. The van der Waals surface area contributed by atoms with Crippen molar-refractivity contribution in [3.05, 3.63) is 77.4 Å². The molecule has 3 heterocycles. The van der Waals surface area contributed by atoms with E-state index in [-0.39, 0.29) is 18.5 Å². The Morgan fingerprint density at radius 3 is 2.71 bits per heavy atom. The van der Waals surface area contributed by atoms with E-state index in [9.17, 15) is 14.3 Å². The number of hydrogen-bond acceptors (Lipinski definition) is 7. The number of amides is 1. The molecule has 0 fully saturated rings. The molecule has 5 rings (SSSR count). The summed E-state index contributed by atoms with van der Waals surface area (Å²) >= 11 is 0. The van der Waals surface area contributed by atoms with Gasteiger partial charge in [0.05, 0.1) is 30.6 Å². The van der Waals surface area contributed by atoms with Crippen LogP contribution in [0.2, 0.25) is 0 Å². The average Bonchev–Trinajstić information content (AvgIpc) is 2.99. The Morgan fingerprint density at radius 1 is 1.09 bits per heavy atom. The summed E-state index contributed by atoms with van der Waals surface area (Å²) in [5.74, 6) is -0.0121. The van der Waals surface area contributed by atoms with E-state index in [1.165, 1.54) is 11.1 Å². The van der Waals surface area contributed by atoms with Crippen molar-refractivity contribution < 1.29 is 23.8 Å². The van der Waals surface area contributed by atoms with Crippen molar-refractivity contribution in [2.75, 3.05) is 32.8 Å². The van der Waals surface area contributed by atoms with Crippen LogP contribution in [-0.4, -0.2) is 69.7 Å². The van der Waals surface area contributed by atoms with Crippen LogP contribution >= 0.6 is 0 Å². The normalized spacial score (nSPS) is 16.8. The summed E-state index contributed by atoms with van der Waals surface area (Å²) in [5.41, 5.74) is 3.04. The quantitative estimate of drug-likeness (QED) is 0.600. The average molecular weight is 464 g/mol. The number of carbonyl (C=O) groups is 1. The van der Waals surface area contributed by atoms with Gasteiger partial charge in [0.15, 0.2) is 5.82 Å². The number of ether oxygens (including phenoxy) is 2. The van der Waals surface area contributed by atoms with E-state index in [2.05, 4.69) is 33.1 Å². The molecule has 0 aliphatic carbocycles. The van der Waals surface area contributed by atoms with Crippen molar-refractivity contribution in [2.24, 2.45) is 0 Å². The minimum Gasteiger partial charge on any atom is -0.491 e. The van der Waals surface area contributed by atoms with Crippen molar-refractivity contribution in [2.45, 2.75) is 19.1 Å². The Bertz CT molecular complexity index is 1170. The van der Waals surface area contributed by atoms with E-state index >= 15 is 0 Å². The van der Waals surface area contributed by atoms with Crippen LogP contribution in [0.25, 0.3) is 0 Å². The molecule has 8 nitrogen and oxygen atoms in total. The molecule has 2 aromatic carbocycles. The van der Waals surface area contributed by atoms with Crippen LogP contribution in [0.1, 0.15) is 21.5 Å². The van der Waals surface area contributed by atoms with Gasteiger partial charge in [-0.2, -0.15) is 0 Å². The van der Waals surface area contributed by atoms with E-state index in [0.29, 0.717) is 36.8 Å². The van der Waals surface area contributed by atoms with Crippen LogP contribution in [0.5, 0.6) is 17.5 Å². The van der Waals surface area contributed by atoms with Crippen molar-refractivity contribution >= 4 is 5.91 Å². The summed E-state index contributed by atoms with van der Waals surface area (Å²) in [6.07, 6.45) is 2.31. The van der Waals surface area contributed by atoms with Crippen LogP contribution in [-0.2, 0) is 13.0 Å². The predicted octanol–water partition coefficient (Wildman–Crippen LogP) is 2.66. The summed E-state index contributed by atoms with van der Waals surface area (Å²) in [6, 6.07) is 13.2. The lowest BCUT2D eigenvalue weighted by atomic mass is 10.00. The monoisotopic (exact) mass is 464 g/mol. The lowest BCUT2D eigenvalue weighted by Crippen LogP contribution is -2.44. The number of carbonyl (C=O) groups excluding carboxylic acids is 1. The molecule has 9 heteroatoms. The molecule has 1 amide bonds. The standard InChI is InChI=1S/C25H25FN4O4/c26-19-12-27-25(28-13-19)34-21-5-6-22-23(11-21)33-10-9-30(24(22)32)16-20(31)15-29-8-7-17-3-1-2-4-18(17)14-29/h1-6,11-13,20,31H,7-10,14-16H2/t20-/m1/s1. The molecule has 1 N–H and O–H groups in total. The fourth-order valence-corrected chi connectivity index (χ4v) is 4.35. The lowest BCUT2D eigenvalue weighted by Gasteiger charge is -2.32. The molecular weight excluding hydrogens is 439 g/mol. The Hall–Kier alpha value is -3.56. The molecule has 176 valence electrons. The first-order valence-corrected chi connectivity index (χ1v) is 11.2. The largest absolute Gasteiger partial charge is 0.491 e. The number of aliphatic hydroxyl groups is 1. The first kappa shape index (κ1) is 22.2. The van der Waals surface area contributed by atoms with Gasteiger partial charge < -0.3 is 19.5 Å². The second-order valence-corrected chi connectivity index (χ2v) is 8.45. The Labute approximate surface area is 196 Å². The van der Waals surface area contributed by atoms with Crippen LogP contribution in [0.3, 0.4) is 0 Å². The smallest absolute Gasteiger partial charge is 0.322 e. The molecule has 0 saturated carbocycles. The van der Waals surface area contributed by atoms with Gasteiger partial charge >= 0.3 is 6.01 Å².